The Morgan fingerprint density at radius 1 is 1.30 bits per heavy atom. The number of fused-ring (bicyclic) bond motifs is 1. The predicted octanol–water partition coefficient (Wildman–Crippen LogP) is 3.81. The summed E-state index contributed by atoms with van der Waals surface area (Å²) in [6.07, 6.45) is 8.95. The molecule has 4 nitrogen and oxygen atoms in total. The molecule has 0 aromatic carbocycles. The van der Waals surface area contributed by atoms with Crippen LogP contribution in [0.2, 0.25) is 0 Å². The van der Waals surface area contributed by atoms with Crippen molar-refractivity contribution in [2.24, 2.45) is 0 Å². The summed E-state index contributed by atoms with van der Waals surface area (Å²) in [6.45, 7) is 0. The summed E-state index contributed by atoms with van der Waals surface area (Å²) in [5, 5.41) is 7.92. The molecule has 1 N–H and O–H groups in total. The van der Waals surface area contributed by atoms with Crippen molar-refractivity contribution >= 4 is 22.9 Å². The molecule has 3 heterocycles. The molecule has 0 bridgehead atoms. The lowest BCUT2D eigenvalue weighted by atomic mass is 10.2. The Bertz CT molecular complexity index is 711. The molecule has 20 heavy (non-hydrogen) atoms. The fourth-order valence-electron chi connectivity index (χ4n) is 2.89. The van der Waals surface area contributed by atoms with Crippen LogP contribution < -0.4 is 5.32 Å². The molecule has 0 radical (unpaired) electrons. The topological polar surface area (TPSA) is 42.2 Å². The van der Waals surface area contributed by atoms with Gasteiger partial charge in [0.25, 0.3) is 0 Å². The van der Waals surface area contributed by atoms with Gasteiger partial charge >= 0.3 is 0 Å². The van der Waals surface area contributed by atoms with Gasteiger partial charge in [-0.2, -0.15) is 11.3 Å². The Morgan fingerprint density at radius 3 is 3.00 bits per heavy atom. The molecule has 0 spiro atoms. The van der Waals surface area contributed by atoms with Crippen molar-refractivity contribution < 1.29 is 0 Å². The number of aromatic nitrogens is 3. The van der Waals surface area contributed by atoms with Crippen LogP contribution in [0.1, 0.15) is 25.7 Å². The fourth-order valence-corrected chi connectivity index (χ4v) is 3.53. The fraction of sp³-hybridized carbons (Fsp3) is 0.333. The molecule has 3 aromatic heterocycles. The summed E-state index contributed by atoms with van der Waals surface area (Å²) in [6, 6.07) is 4.63. The van der Waals surface area contributed by atoms with Crippen LogP contribution in [-0.2, 0) is 0 Å². The van der Waals surface area contributed by atoms with Gasteiger partial charge in [-0.05, 0) is 30.4 Å². The van der Waals surface area contributed by atoms with E-state index in [2.05, 4.69) is 31.5 Å². The Hall–Kier alpha value is -1.88. The van der Waals surface area contributed by atoms with Gasteiger partial charge in [0, 0.05) is 29.4 Å². The molecule has 5 heteroatoms. The highest BCUT2D eigenvalue weighted by atomic mass is 32.1. The zero-order valence-electron chi connectivity index (χ0n) is 11.1. The van der Waals surface area contributed by atoms with E-state index in [4.69, 9.17) is 4.98 Å². The number of anilines is 1. The van der Waals surface area contributed by atoms with Gasteiger partial charge in [-0.3, -0.25) is 4.40 Å². The monoisotopic (exact) mass is 284 g/mol. The van der Waals surface area contributed by atoms with E-state index in [9.17, 15) is 0 Å². The third-order valence-electron chi connectivity index (χ3n) is 3.89. The minimum atomic E-state index is 0.562. The molecule has 0 unspecified atom stereocenters. The highest BCUT2D eigenvalue weighted by Gasteiger charge is 2.20. The highest BCUT2D eigenvalue weighted by Crippen LogP contribution is 2.32. The summed E-state index contributed by atoms with van der Waals surface area (Å²) >= 11 is 1.70. The second-order valence-corrected chi connectivity index (χ2v) is 6.02. The molecule has 1 saturated carbocycles. The van der Waals surface area contributed by atoms with Crippen LogP contribution in [0.15, 0.2) is 35.3 Å². The van der Waals surface area contributed by atoms with E-state index in [0.29, 0.717) is 6.04 Å². The summed E-state index contributed by atoms with van der Waals surface area (Å²) in [7, 11) is 0. The van der Waals surface area contributed by atoms with Crippen molar-refractivity contribution in [1.82, 2.24) is 14.4 Å². The second kappa shape index (κ2) is 4.90. The summed E-state index contributed by atoms with van der Waals surface area (Å²) < 4.78 is 2.06. The van der Waals surface area contributed by atoms with Gasteiger partial charge in [-0.15, -0.1) is 0 Å². The maximum atomic E-state index is 4.69. The first-order valence-corrected chi connectivity index (χ1v) is 7.98. The lowest BCUT2D eigenvalue weighted by molar-refractivity contribution is 0.749. The summed E-state index contributed by atoms with van der Waals surface area (Å²) in [5.41, 5.74) is 2.18. The quantitative estimate of drug-likeness (QED) is 0.795. The van der Waals surface area contributed by atoms with E-state index in [0.717, 1.165) is 17.3 Å². The average molecular weight is 284 g/mol. The minimum Gasteiger partial charge on any atom is -0.367 e. The first-order chi connectivity index (χ1) is 9.92. The van der Waals surface area contributed by atoms with Crippen molar-refractivity contribution in [2.75, 3.05) is 5.32 Å². The zero-order chi connectivity index (χ0) is 13.4. The molecule has 0 aliphatic heterocycles. The van der Waals surface area contributed by atoms with Crippen LogP contribution in [0, 0.1) is 0 Å². The van der Waals surface area contributed by atoms with Gasteiger partial charge in [-0.25, -0.2) is 9.97 Å². The van der Waals surface area contributed by atoms with E-state index < -0.39 is 0 Å². The van der Waals surface area contributed by atoms with Crippen molar-refractivity contribution in [3.63, 3.8) is 0 Å². The number of rotatable bonds is 3. The smallest absolute Gasteiger partial charge is 0.235 e. The Balaban J connectivity index is 1.84. The highest BCUT2D eigenvalue weighted by molar-refractivity contribution is 7.08. The number of nitrogens with one attached hydrogen (secondary N) is 1. The molecule has 0 amide bonds. The van der Waals surface area contributed by atoms with Crippen LogP contribution >= 0.6 is 11.3 Å². The average Bonchev–Trinajstić information content (AvgIpc) is 3.19. The van der Waals surface area contributed by atoms with Gasteiger partial charge in [0.05, 0.1) is 0 Å². The number of hydrogen-bond donors (Lipinski definition) is 1. The van der Waals surface area contributed by atoms with Crippen LogP contribution in [0.5, 0.6) is 0 Å². The van der Waals surface area contributed by atoms with Gasteiger partial charge in [0.2, 0.25) is 5.78 Å². The molecular formula is C15H16N4S. The van der Waals surface area contributed by atoms with Gasteiger partial charge in [-0.1, -0.05) is 12.8 Å². The van der Waals surface area contributed by atoms with Crippen LogP contribution in [-0.4, -0.2) is 20.4 Å². The third kappa shape index (κ3) is 1.98. The van der Waals surface area contributed by atoms with E-state index in [1.807, 2.05) is 12.3 Å². The lowest BCUT2D eigenvalue weighted by Crippen LogP contribution is -2.16. The molecule has 4 rings (SSSR count). The van der Waals surface area contributed by atoms with E-state index in [1.165, 1.54) is 31.2 Å². The summed E-state index contributed by atoms with van der Waals surface area (Å²) in [5.74, 6) is 1.84. The Labute approximate surface area is 121 Å². The minimum absolute atomic E-state index is 0.562. The molecule has 1 aliphatic carbocycles. The SMILES string of the molecule is c1cnc2nc(-c3ccsc3)c(NC3CCCC3)n2c1. The van der Waals surface area contributed by atoms with Crippen LogP contribution in [0.3, 0.4) is 0 Å². The lowest BCUT2D eigenvalue weighted by Gasteiger charge is -2.14. The van der Waals surface area contributed by atoms with Crippen molar-refractivity contribution in [1.29, 1.82) is 0 Å². The summed E-state index contributed by atoms with van der Waals surface area (Å²) in [4.78, 5) is 9.06. The maximum absolute atomic E-state index is 4.69. The second-order valence-electron chi connectivity index (χ2n) is 5.24. The number of hydrogen-bond acceptors (Lipinski definition) is 4. The van der Waals surface area contributed by atoms with Crippen molar-refractivity contribution in [3.05, 3.63) is 35.3 Å². The van der Waals surface area contributed by atoms with Crippen molar-refractivity contribution in [3.8, 4) is 11.3 Å². The normalized spacial score (nSPS) is 16.0. The van der Waals surface area contributed by atoms with Crippen LogP contribution in [0.4, 0.5) is 5.82 Å². The van der Waals surface area contributed by atoms with Crippen LogP contribution in [0.25, 0.3) is 17.0 Å². The molecule has 1 fully saturated rings. The van der Waals surface area contributed by atoms with E-state index in [-0.39, 0.29) is 0 Å². The molecule has 0 saturated heterocycles. The molecule has 102 valence electrons. The Morgan fingerprint density at radius 2 is 2.20 bits per heavy atom. The van der Waals surface area contributed by atoms with Gasteiger partial charge in [0.1, 0.15) is 11.5 Å². The third-order valence-corrected chi connectivity index (χ3v) is 4.58. The molecule has 3 aromatic rings. The standard InChI is InChI=1S/C15H16N4S/c1-2-5-12(4-1)17-14-13(11-6-9-20-10-11)18-15-16-7-3-8-19(14)15/h3,6-10,12,17H,1-2,4-5H2. The number of imidazole rings is 1. The molecule has 1 aliphatic rings. The number of nitrogens with zero attached hydrogens (tertiary/aromatic N) is 3. The van der Waals surface area contributed by atoms with Gasteiger partial charge in [0.15, 0.2) is 0 Å². The number of thiophene rings is 1. The first-order valence-electron chi connectivity index (χ1n) is 7.04. The largest absolute Gasteiger partial charge is 0.367 e. The van der Waals surface area contributed by atoms with E-state index >= 15 is 0 Å². The first kappa shape index (κ1) is 11.9. The Kier molecular flexibility index (Phi) is 2.92. The van der Waals surface area contributed by atoms with Gasteiger partial charge < -0.3 is 5.32 Å². The molecule has 0 atom stereocenters. The van der Waals surface area contributed by atoms with Crippen molar-refractivity contribution in [2.45, 2.75) is 31.7 Å². The predicted molar refractivity (Wildman–Crippen MR) is 82.2 cm³/mol. The maximum Gasteiger partial charge on any atom is 0.235 e. The zero-order valence-corrected chi connectivity index (χ0v) is 11.9. The van der Waals surface area contributed by atoms with E-state index in [1.54, 1.807) is 17.5 Å². The molecular weight excluding hydrogens is 268 g/mol.